The van der Waals surface area contributed by atoms with E-state index >= 15 is 0 Å². The number of hydrogen-bond donors (Lipinski definition) is 1. The zero-order chi connectivity index (χ0) is 14.4. The van der Waals surface area contributed by atoms with Crippen molar-refractivity contribution in [3.05, 3.63) is 53.6 Å². The molecule has 1 heterocycles. The third-order valence-electron chi connectivity index (χ3n) is 3.04. The quantitative estimate of drug-likeness (QED) is 0.876. The van der Waals surface area contributed by atoms with Crippen molar-refractivity contribution in [1.82, 2.24) is 14.9 Å². The number of nitrogens with zero attached hydrogens (tertiary/aromatic N) is 3. The fraction of sp³-hybridized carbons (Fsp3) is 0.375. The Kier molecular flexibility index (Phi) is 4.91. The van der Waals surface area contributed by atoms with Gasteiger partial charge in [0.1, 0.15) is 0 Å². The van der Waals surface area contributed by atoms with Crippen molar-refractivity contribution in [2.24, 2.45) is 5.92 Å². The van der Waals surface area contributed by atoms with E-state index in [1.807, 2.05) is 41.4 Å². The van der Waals surface area contributed by atoms with Crippen LogP contribution in [0.25, 0.3) is 0 Å². The summed E-state index contributed by atoms with van der Waals surface area (Å²) >= 11 is 0. The molecule has 0 radical (unpaired) electrons. The maximum atomic E-state index is 9.08. The maximum absolute atomic E-state index is 9.08. The van der Waals surface area contributed by atoms with E-state index in [2.05, 4.69) is 30.2 Å². The number of imidazole rings is 1. The number of aromatic nitrogens is 2. The average molecular weight is 268 g/mol. The standard InChI is InChI=1S/C16H20N4/c1-13(2)8-18-9-16-11-20(12-19-16)10-15-6-4-3-5-14(15)7-17/h3-6,11-13,18H,8-10H2,1-2H3. The van der Waals surface area contributed by atoms with Gasteiger partial charge in [0.15, 0.2) is 0 Å². The van der Waals surface area contributed by atoms with Gasteiger partial charge in [0.2, 0.25) is 0 Å². The normalized spacial score (nSPS) is 10.7. The van der Waals surface area contributed by atoms with Crippen LogP contribution in [0.4, 0.5) is 0 Å². The van der Waals surface area contributed by atoms with Gasteiger partial charge in [-0.2, -0.15) is 5.26 Å². The summed E-state index contributed by atoms with van der Waals surface area (Å²) in [5.41, 5.74) is 2.77. The van der Waals surface area contributed by atoms with Crippen molar-refractivity contribution < 1.29 is 0 Å². The SMILES string of the molecule is CC(C)CNCc1cn(Cc2ccccc2C#N)cn1. The van der Waals surface area contributed by atoms with Crippen LogP contribution in [0.5, 0.6) is 0 Å². The Labute approximate surface area is 120 Å². The van der Waals surface area contributed by atoms with E-state index in [1.54, 1.807) is 0 Å². The smallest absolute Gasteiger partial charge is 0.0995 e. The fourth-order valence-corrected chi connectivity index (χ4v) is 2.04. The van der Waals surface area contributed by atoms with Gasteiger partial charge >= 0.3 is 0 Å². The lowest BCUT2D eigenvalue weighted by Gasteiger charge is -2.05. The van der Waals surface area contributed by atoms with Gasteiger partial charge in [-0.3, -0.25) is 0 Å². The summed E-state index contributed by atoms with van der Waals surface area (Å²) in [5.74, 6) is 0.639. The predicted octanol–water partition coefficient (Wildman–Crippen LogP) is 2.55. The molecule has 0 saturated carbocycles. The van der Waals surface area contributed by atoms with E-state index in [4.69, 9.17) is 5.26 Å². The van der Waals surface area contributed by atoms with Crippen LogP contribution in [0, 0.1) is 17.2 Å². The van der Waals surface area contributed by atoms with E-state index in [9.17, 15) is 0 Å². The van der Waals surface area contributed by atoms with E-state index in [-0.39, 0.29) is 0 Å². The highest BCUT2D eigenvalue weighted by Gasteiger charge is 2.04. The van der Waals surface area contributed by atoms with Crippen LogP contribution in [0.15, 0.2) is 36.8 Å². The topological polar surface area (TPSA) is 53.6 Å². The summed E-state index contributed by atoms with van der Waals surface area (Å²) in [6.45, 7) is 6.82. The minimum atomic E-state index is 0.639. The lowest BCUT2D eigenvalue weighted by atomic mass is 10.1. The molecule has 104 valence electrons. The lowest BCUT2D eigenvalue weighted by Crippen LogP contribution is -2.19. The van der Waals surface area contributed by atoms with Crippen LogP contribution in [-0.4, -0.2) is 16.1 Å². The maximum Gasteiger partial charge on any atom is 0.0995 e. The van der Waals surface area contributed by atoms with Crippen LogP contribution in [-0.2, 0) is 13.1 Å². The molecule has 1 N–H and O–H groups in total. The van der Waals surface area contributed by atoms with E-state index in [1.165, 1.54) is 0 Å². The fourth-order valence-electron chi connectivity index (χ4n) is 2.04. The Morgan fingerprint density at radius 1 is 1.35 bits per heavy atom. The summed E-state index contributed by atoms with van der Waals surface area (Å²) in [6, 6.07) is 9.89. The highest BCUT2D eigenvalue weighted by Crippen LogP contribution is 2.10. The molecular formula is C16H20N4. The van der Waals surface area contributed by atoms with Crippen molar-refractivity contribution in [3.63, 3.8) is 0 Å². The van der Waals surface area contributed by atoms with Crippen molar-refractivity contribution in [2.75, 3.05) is 6.54 Å². The minimum Gasteiger partial charge on any atom is -0.333 e. The van der Waals surface area contributed by atoms with Gasteiger partial charge in [0, 0.05) is 19.3 Å². The van der Waals surface area contributed by atoms with Gasteiger partial charge in [-0.05, 0) is 24.1 Å². The van der Waals surface area contributed by atoms with Gasteiger partial charge in [-0.25, -0.2) is 4.98 Å². The molecule has 4 heteroatoms. The van der Waals surface area contributed by atoms with Crippen molar-refractivity contribution in [1.29, 1.82) is 5.26 Å². The van der Waals surface area contributed by atoms with Gasteiger partial charge in [0.05, 0.1) is 23.7 Å². The molecule has 0 aliphatic carbocycles. The molecule has 1 aromatic carbocycles. The van der Waals surface area contributed by atoms with Crippen LogP contribution < -0.4 is 5.32 Å². The minimum absolute atomic E-state index is 0.639. The summed E-state index contributed by atoms with van der Waals surface area (Å²) in [5, 5.41) is 12.5. The summed E-state index contributed by atoms with van der Waals surface area (Å²) in [6.07, 6.45) is 3.85. The third kappa shape index (κ3) is 3.94. The Bertz CT molecular complexity index is 593. The third-order valence-corrected chi connectivity index (χ3v) is 3.04. The second-order valence-corrected chi connectivity index (χ2v) is 5.33. The molecule has 20 heavy (non-hydrogen) atoms. The molecule has 0 amide bonds. The molecule has 0 atom stereocenters. The van der Waals surface area contributed by atoms with Gasteiger partial charge in [-0.1, -0.05) is 32.0 Å². The zero-order valence-corrected chi connectivity index (χ0v) is 12.0. The Balaban J connectivity index is 1.97. The molecule has 0 aliphatic rings. The molecule has 0 spiro atoms. The molecular weight excluding hydrogens is 248 g/mol. The monoisotopic (exact) mass is 268 g/mol. The van der Waals surface area contributed by atoms with E-state index in [0.717, 1.165) is 29.9 Å². The molecule has 0 unspecified atom stereocenters. The van der Waals surface area contributed by atoms with Gasteiger partial charge in [0.25, 0.3) is 0 Å². The first kappa shape index (κ1) is 14.3. The molecule has 4 nitrogen and oxygen atoms in total. The van der Waals surface area contributed by atoms with E-state index < -0.39 is 0 Å². The van der Waals surface area contributed by atoms with Crippen LogP contribution >= 0.6 is 0 Å². The second kappa shape index (κ2) is 6.88. The Morgan fingerprint density at radius 3 is 2.90 bits per heavy atom. The first-order valence-electron chi connectivity index (χ1n) is 6.88. The summed E-state index contributed by atoms with van der Waals surface area (Å²) in [4.78, 5) is 4.38. The first-order chi connectivity index (χ1) is 9.69. The Morgan fingerprint density at radius 2 is 2.15 bits per heavy atom. The van der Waals surface area contributed by atoms with Gasteiger partial charge in [-0.15, -0.1) is 0 Å². The summed E-state index contributed by atoms with van der Waals surface area (Å²) < 4.78 is 2.02. The molecule has 0 aliphatic heterocycles. The molecule has 2 aromatic rings. The van der Waals surface area contributed by atoms with Crippen LogP contribution in [0.2, 0.25) is 0 Å². The second-order valence-electron chi connectivity index (χ2n) is 5.33. The number of nitriles is 1. The number of rotatable bonds is 6. The molecule has 0 bridgehead atoms. The van der Waals surface area contributed by atoms with Crippen molar-refractivity contribution >= 4 is 0 Å². The number of hydrogen-bond acceptors (Lipinski definition) is 3. The van der Waals surface area contributed by atoms with E-state index in [0.29, 0.717) is 12.5 Å². The highest BCUT2D eigenvalue weighted by atomic mass is 15.0. The highest BCUT2D eigenvalue weighted by molar-refractivity contribution is 5.37. The average Bonchev–Trinajstić information content (AvgIpc) is 2.86. The summed E-state index contributed by atoms with van der Waals surface area (Å²) in [7, 11) is 0. The lowest BCUT2D eigenvalue weighted by molar-refractivity contribution is 0.548. The number of nitrogens with one attached hydrogen (secondary N) is 1. The van der Waals surface area contributed by atoms with Crippen molar-refractivity contribution in [3.8, 4) is 6.07 Å². The van der Waals surface area contributed by atoms with Crippen molar-refractivity contribution in [2.45, 2.75) is 26.9 Å². The Hall–Kier alpha value is -2.12. The van der Waals surface area contributed by atoms with Crippen LogP contribution in [0.1, 0.15) is 30.7 Å². The molecule has 2 rings (SSSR count). The first-order valence-corrected chi connectivity index (χ1v) is 6.88. The zero-order valence-electron chi connectivity index (χ0n) is 12.0. The number of benzene rings is 1. The largest absolute Gasteiger partial charge is 0.333 e. The molecule has 0 fully saturated rings. The van der Waals surface area contributed by atoms with Gasteiger partial charge < -0.3 is 9.88 Å². The molecule has 0 saturated heterocycles. The molecule has 1 aromatic heterocycles. The predicted molar refractivity (Wildman–Crippen MR) is 79.0 cm³/mol. The van der Waals surface area contributed by atoms with Crippen LogP contribution in [0.3, 0.4) is 0 Å².